The first kappa shape index (κ1) is 12.3. The van der Waals surface area contributed by atoms with Crippen molar-refractivity contribution in [3.05, 3.63) is 42.0 Å². The van der Waals surface area contributed by atoms with Crippen molar-refractivity contribution in [2.75, 3.05) is 7.11 Å². The number of carbonyl (C=O) groups is 1. The lowest BCUT2D eigenvalue weighted by Crippen LogP contribution is -2.19. The fraction of sp³-hybridized carbons (Fsp3) is 0.182. The number of methoxy groups -OCH3 is 1. The van der Waals surface area contributed by atoms with Gasteiger partial charge in [-0.25, -0.2) is 0 Å². The SMILES string of the molecule is C=C(C(=O)c1ccccc1OC)C(F)(F)F. The second kappa shape index (κ2) is 4.38. The fourth-order valence-corrected chi connectivity index (χ4v) is 1.12. The van der Waals surface area contributed by atoms with Crippen molar-refractivity contribution in [1.29, 1.82) is 0 Å². The van der Waals surface area contributed by atoms with Crippen LogP contribution < -0.4 is 4.74 Å². The lowest BCUT2D eigenvalue weighted by Gasteiger charge is -2.11. The molecule has 1 aromatic rings. The maximum atomic E-state index is 12.3. The fourth-order valence-electron chi connectivity index (χ4n) is 1.12. The van der Waals surface area contributed by atoms with Crippen LogP contribution >= 0.6 is 0 Å². The van der Waals surface area contributed by atoms with Crippen LogP contribution in [-0.4, -0.2) is 19.1 Å². The van der Waals surface area contributed by atoms with E-state index in [2.05, 4.69) is 6.58 Å². The molecule has 0 unspecified atom stereocenters. The highest BCUT2D eigenvalue weighted by Crippen LogP contribution is 2.29. The van der Waals surface area contributed by atoms with E-state index in [0.29, 0.717) is 0 Å². The number of hydrogen-bond donors (Lipinski definition) is 0. The molecule has 0 bridgehead atoms. The summed E-state index contributed by atoms with van der Waals surface area (Å²) in [4.78, 5) is 11.5. The molecular weight excluding hydrogens is 221 g/mol. The monoisotopic (exact) mass is 230 g/mol. The van der Waals surface area contributed by atoms with E-state index in [1.165, 1.54) is 25.3 Å². The number of alkyl halides is 3. The third kappa shape index (κ3) is 2.42. The molecule has 0 spiro atoms. The highest BCUT2D eigenvalue weighted by molar-refractivity contribution is 6.10. The number of carbonyl (C=O) groups excluding carboxylic acids is 1. The predicted molar refractivity (Wildman–Crippen MR) is 52.5 cm³/mol. The predicted octanol–water partition coefficient (Wildman–Crippen LogP) is 3.00. The minimum Gasteiger partial charge on any atom is -0.496 e. The highest BCUT2D eigenvalue weighted by atomic mass is 19.4. The molecule has 0 aliphatic carbocycles. The molecular formula is C11H9F3O2. The van der Waals surface area contributed by atoms with Gasteiger partial charge < -0.3 is 4.74 Å². The van der Waals surface area contributed by atoms with E-state index in [-0.39, 0.29) is 11.3 Å². The zero-order valence-corrected chi connectivity index (χ0v) is 8.47. The molecule has 5 heteroatoms. The molecule has 0 saturated heterocycles. The number of para-hydroxylation sites is 1. The molecule has 0 N–H and O–H groups in total. The Labute approximate surface area is 90.3 Å². The van der Waals surface area contributed by atoms with Crippen molar-refractivity contribution in [3.63, 3.8) is 0 Å². The van der Waals surface area contributed by atoms with Gasteiger partial charge in [0, 0.05) is 0 Å². The Morgan fingerprint density at radius 3 is 2.38 bits per heavy atom. The van der Waals surface area contributed by atoms with Gasteiger partial charge in [-0.2, -0.15) is 13.2 Å². The Hall–Kier alpha value is -1.78. The summed E-state index contributed by atoms with van der Waals surface area (Å²) in [5.74, 6) is -1.08. The Kier molecular flexibility index (Phi) is 3.37. The number of ether oxygens (including phenoxy) is 1. The number of Topliss-reactive ketones (excluding diaryl/α,β-unsaturated/α-hetero) is 1. The Bertz CT molecular complexity index is 421. The molecule has 0 atom stereocenters. The number of hydrogen-bond acceptors (Lipinski definition) is 2. The maximum absolute atomic E-state index is 12.3. The average molecular weight is 230 g/mol. The molecule has 0 fully saturated rings. The van der Waals surface area contributed by atoms with E-state index >= 15 is 0 Å². The van der Waals surface area contributed by atoms with E-state index in [1.807, 2.05) is 0 Å². The summed E-state index contributed by atoms with van der Waals surface area (Å²) in [5.41, 5.74) is -1.55. The van der Waals surface area contributed by atoms with Crippen LogP contribution in [-0.2, 0) is 0 Å². The Balaban J connectivity index is 3.11. The van der Waals surface area contributed by atoms with Crippen LogP contribution in [0.25, 0.3) is 0 Å². The van der Waals surface area contributed by atoms with Crippen molar-refractivity contribution >= 4 is 5.78 Å². The van der Waals surface area contributed by atoms with Gasteiger partial charge in [0.1, 0.15) is 5.75 Å². The van der Waals surface area contributed by atoms with Gasteiger partial charge >= 0.3 is 6.18 Å². The summed E-state index contributed by atoms with van der Waals surface area (Å²) >= 11 is 0. The van der Waals surface area contributed by atoms with Gasteiger partial charge in [-0.05, 0) is 12.1 Å². The normalized spacial score (nSPS) is 11.0. The van der Waals surface area contributed by atoms with Crippen molar-refractivity contribution in [3.8, 4) is 5.75 Å². The lowest BCUT2D eigenvalue weighted by molar-refractivity contribution is -0.0883. The Morgan fingerprint density at radius 1 is 1.31 bits per heavy atom. The van der Waals surface area contributed by atoms with E-state index in [9.17, 15) is 18.0 Å². The smallest absolute Gasteiger partial charge is 0.419 e. The van der Waals surface area contributed by atoms with Gasteiger partial charge in [0.15, 0.2) is 0 Å². The summed E-state index contributed by atoms with van der Waals surface area (Å²) in [6, 6.07) is 5.69. The van der Waals surface area contributed by atoms with Gasteiger partial charge in [0.2, 0.25) is 5.78 Å². The molecule has 0 aliphatic heterocycles. The van der Waals surface area contributed by atoms with Gasteiger partial charge in [0.25, 0.3) is 0 Å². The first-order valence-corrected chi connectivity index (χ1v) is 4.31. The van der Waals surface area contributed by atoms with Crippen LogP contribution in [0.5, 0.6) is 5.75 Å². The van der Waals surface area contributed by atoms with Crippen LogP contribution in [0.2, 0.25) is 0 Å². The third-order valence-electron chi connectivity index (χ3n) is 1.97. The number of halogens is 3. The molecule has 2 nitrogen and oxygen atoms in total. The summed E-state index contributed by atoms with van der Waals surface area (Å²) < 4.78 is 41.6. The summed E-state index contributed by atoms with van der Waals surface area (Å²) in [5, 5.41) is 0. The van der Waals surface area contributed by atoms with E-state index in [0.717, 1.165) is 0 Å². The first-order chi connectivity index (χ1) is 7.38. The number of rotatable bonds is 3. The topological polar surface area (TPSA) is 26.3 Å². The van der Waals surface area contributed by atoms with Crippen molar-refractivity contribution in [2.24, 2.45) is 0 Å². The first-order valence-electron chi connectivity index (χ1n) is 4.31. The van der Waals surface area contributed by atoms with Crippen LogP contribution in [0.4, 0.5) is 13.2 Å². The molecule has 0 heterocycles. The van der Waals surface area contributed by atoms with Crippen LogP contribution in [0, 0.1) is 0 Å². The highest BCUT2D eigenvalue weighted by Gasteiger charge is 2.37. The molecule has 16 heavy (non-hydrogen) atoms. The van der Waals surface area contributed by atoms with Crippen molar-refractivity contribution < 1.29 is 22.7 Å². The molecule has 0 amide bonds. The van der Waals surface area contributed by atoms with Crippen LogP contribution in [0.1, 0.15) is 10.4 Å². The van der Waals surface area contributed by atoms with Crippen molar-refractivity contribution in [2.45, 2.75) is 6.18 Å². The lowest BCUT2D eigenvalue weighted by atomic mass is 10.0. The minimum absolute atomic E-state index is 0.0953. The summed E-state index contributed by atoms with van der Waals surface area (Å²) in [6.45, 7) is 2.75. The second-order valence-electron chi connectivity index (χ2n) is 3.01. The Morgan fingerprint density at radius 2 is 1.88 bits per heavy atom. The molecule has 0 saturated carbocycles. The van der Waals surface area contributed by atoms with Crippen LogP contribution in [0.15, 0.2) is 36.4 Å². The second-order valence-corrected chi connectivity index (χ2v) is 3.01. The largest absolute Gasteiger partial charge is 0.496 e. The third-order valence-corrected chi connectivity index (χ3v) is 1.97. The van der Waals surface area contributed by atoms with E-state index in [1.54, 1.807) is 6.07 Å². The molecule has 86 valence electrons. The van der Waals surface area contributed by atoms with E-state index in [4.69, 9.17) is 4.74 Å². The van der Waals surface area contributed by atoms with E-state index < -0.39 is 17.5 Å². The molecule has 0 radical (unpaired) electrons. The quantitative estimate of drug-likeness (QED) is 0.589. The van der Waals surface area contributed by atoms with Gasteiger partial charge in [-0.1, -0.05) is 18.7 Å². The van der Waals surface area contributed by atoms with Crippen LogP contribution in [0.3, 0.4) is 0 Å². The maximum Gasteiger partial charge on any atom is 0.419 e. The average Bonchev–Trinajstić information content (AvgIpc) is 2.25. The number of benzene rings is 1. The van der Waals surface area contributed by atoms with Gasteiger partial charge in [-0.15, -0.1) is 0 Å². The zero-order chi connectivity index (χ0) is 12.3. The van der Waals surface area contributed by atoms with Crippen molar-refractivity contribution in [1.82, 2.24) is 0 Å². The van der Waals surface area contributed by atoms with Gasteiger partial charge in [-0.3, -0.25) is 4.79 Å². The van der Waals surface area contributed by atoms with Gasteiger partial charge in [0.05, 0.1) is 18.2 Å². The summed E-state index contributed by atoms with van der Waals surface area (Å²) in [7, 11) is 1.28. The molecule has 0 aromatic heterocycles. The standard InChI is InChI=1S/C11H9F3O2/c1-7(11(12,13)14)10(15)8-5-3-4-6-9(8)16-2/h3-6H,1H2,2H3. The zero-order valence-electron chi connectivity index (χ0n) is 8.47. The molecule has 0 aliphatic rings. The summed E-state index contributed by atoms with van der Waals surface area (Å²) in [6.07, 6.45) is -4.72. The number of ketones is 1. The number of allylic oxidation sites excluding steroid dienone is 1. The molecule has 1 aromatic carbocycles. The molecule has 1 rings (SSSR count). The minimum atomic E-state index is -4.72.